The maximum Gasteiger partial charge on any atom is 0.283 e. The molecule has 0 fully saturated rings. The predicted octanol–water partition coefficient (Wildman–Crippen LogP) is 11.7. The number of nitrogen functional groups attached to an aromatic ring is 5. The maximum atomic E-state index is 12.7. The summed E-state index contributed by atoms with van der Waals surface area (Å²) < 4.78 is 24.5. The van der Waals surface area contributed by atoms with E-state index in [1.165, 1.54) is 29.6 Å². The van der Waals surface area contributed by atoms with E-state index in [2.05, 4.69) is 126 Å². The minimum atomic E-state index is -3.30. The summed E-state index contributed by atoms with van der Waals surface area (Å²) >= 11 is 1.32. The highest BCUT2D eigenvalue weighted by molar-refractivity contribution is 7.88. The standard InChI is InChI=1S/C20H18N8OS.C19H21N7O.C18H19N7O.C16H17N7O2S.C16H15N7O/c1-2-28(20(29)19-22-7-8-30-19)10-15-25-16-12-4-3-11(13-5-6-23-27-13)9-14(12)24-18(21)17(16)26-15;1-3-16(27)26(4-2)10-15-23-17-12-6-5-11(13-7-8-21-25-13)9-14(12)22-19(20)18(17)24-15;1-3-25(10(2)26)9-15-22-16-12-5-4-11(13-6-7-20-24-13)8-14(12)21-18(19)17(16)23-15;1-23(26(2,24)25)8-13-20-14-10-4-3-9(11-5-6-18-22-11)7-12(10)19-16(17)15(14)21-13;1-8(24)18-7-13-21-14-10-3-2-9(11-4-5-19-23-11)6-12(10)20-16(17)15(14)22-13/h3-9H,2,10H2,1H3,(H2,21,24)(H,23,27)(H,25,26);5-9H,3-4,10H2,1-2H3,(H2,20,22)(H,21,25)(H,23,24);4-8H,3,9H2,1-2H3,(H2,19,21)(H,20,24)(H,22,23);3-7H,8H2,1-2H3,(H2,17,19)(H,18,22)(H,20,21);2-6H,7H2,1H3,(H2,17,20)(H,18,24)(H,19,23)(H,21,22). The normalized spacial score (nSPS) is 11.5. The number of hydrogen-bond donors (Lipinski definition) is 16. The van der Waals surface area contributed by atoms with Crippen LogP contribution in [0.25, 0.3) is 166 Å². The van der Waals surface area contributed by atoms with Gasteiger partial charge in [0.05, 0.1) is 95.0 Å². The lowest BCUT2D eigenvalue weighted by atomic mass is 10.1. The zero-order chi connectivity index (χ0) is 93.0. The van der Waals surface area contributed by atoms with Crippen LogP contribution in [-0.4, -0.2) is 215 Å². The molecule has 0 aliphatic rings. The fraction of sp³-hybridized carbons (Fsp3) is 0.191. The van der Waals surface area contributed by atoms with Gasteiger partial charge >= 0.3 is 0 Å². The summed E-state index contributed by atoms with van der Waals surface area (Å²) in [4.78, 5) is 118. The molecule has 0 saturated heterocycles. The van der Waals surface area contributed by atoms with Crippen molar-refractivity contribution in [1.82, 2.24) is 155 Å². The van der Waals surface area contributed by atoms with Crippen molar-refractivity contribution < 1.29 is 27.6 Å². The Labute approximate surface area is 758 Å². The number of carbonyl (C=O) groups excluding carboxylic acids is 4. The zero-order valence-corrected chi connectivity index (χ0v) is 74.7. The van der Waals surface area contributed by atoms with Crippen LogP contribution in [0.4, 0.5) is 29.1 Å². The number of anilines is 5. The highest BCUT2D eigenvalue weighted by Gasteiger charge is 2.25. The Morgan fingerprint density at radius 2 is 0.677 bits per heavy atom. The van der Waals surface area contributed by atoms with Crippen LogP contribution >= 0.6 is 11.3 Å². The van der Waals surface area contributed by atoms with Gasteiger partial charge in [-0.2, -0.15) is 29.8 Å². The highest BCUT2D eigenvalue weighted by Crippen LogP contribution is 2.37. The van der Waals surface area contributed by atoms with E-state index >= 15 is 0 Å². The van der Waals surface area contributed by atoms with Crippen molar-refractivity contribution in [2.24, 2.45) is 0 Å². The molecule has 0 aliphatic carbocycles. The Kier molecular flexibility index (Phi) is 24.7. The third-order valence-corrected chi connectivity index (χ3v) is 24.2. The number of nitrogens with one attached hydrogen (secondary N) is 11. The summed E-state index contributed by atoms with van der Waals surface area (Å²) in [6.45, 7) is 14.1. The number of sulfonamides is 1. The molecule has 0 saturated carbocycles. The van der Waals surface area contributed by atoms with Gasteiger partial charge in [0, 0.05) is 144 Å². The second-order valence-corrected chi connectivity index (χ2v) is 33.9. The molecule has 4 amide bonds. The third kappa shape index (κ3) is 18.6. The monoisotopic (exact) mass is 1820 g/mol. The van der Waals surface area contributed by atoms with Crippen molar-refractivity contribution in [3.8, 4) is 56.3 Å². The molecule has 0 radical (unpaired) electrons. The van der Waals surface area contributed by atoms with Crippen molar-refractivity contribution in [3.63, 3.8) is 0 Å². The number of fused-ring (bicyclic) bond motifs is 15. The first-order chi connectivity index (χ1) is 64.2. The number of rotatable bonds is 21. The van der Waals surface area contributed by atoms with E-state index in [-0.39, 0.29) is 30.2 Å². The van der Waals surface area contributed by atoms with Crippen molar-refractivity contribution in [2.45, 2.75) is 80.7 Å². The second-order valence-electron chi connectivity index (χ2n) is 30.9. The fourth-order valence-corrected chi connectivity index (χ4v) is 16.2. The van der Waals surface area contributed by atoms with E-state index in [1.54, 1.807) is 64.2 Å². The lowest BCUT2D eigenvalue weighted by Crippen LogP contribution is -2.30. The number of amides is 4. The number of nitrogens with two attached hydrogens (primary N) is 5. The van der Waals surface area contributed by atoms with E-state index in [4.69, 9.17) is 38.6 Å². The van der Waals surface area contributed by atoms with Crippen LogP contribution < -0.4 is 34.0 Å². The summed E-state index contributed by atoms with van der Waals surface area (Å²) in [5, 5.41) is 44.0. The van der Waals surface area contributed by atoms with Crippen LogP contribution in [0.2, 0.25) is 0 Å². The molecule has 0 aliphatic heterocycles. The molecular weight excluding hydrogens is 1730 g/mol. The number of nitrogens with zero attached hydrogens (tertiary/aromatic N) is 20. The lowest BCUT2D eigenvalue weighted by Gasteiger charge is -2.18. The van der Waals surface area contributed by atoms with Gasteiger partial charge in [-0.05, 0) is 112 Å². The van der Waals surface area contributed by atoms with Crippen molar-refractivity contribution in [3.05, 3.63) is 198 Å². The number of thiazole rings is 1. The van der Waals surface area contributed by atoms with Crippen molar-refractivity contribution in [2.75, 3.05) is 61.6 Å². The first-order valence-electron chi connectivity index (χ1n) is 42.0. The SMILES string of the molecule is CC(=O)NCc1nc2c([nH]1)c(N)nc1cc(-c3ccn[nH]3)ccc12.CCC(=O)N(CC)Cc1nc2c([nH]1)c(N)nc1cc(-c3ccn[nH]3)ccc12.CCN(Cc1nc2c([nH]1)c(N)nc1cc(-c3ccn[nH]3)ccc12)C(=O)c1nccs1.CCN(Cc1nc2c([nH]1)c(N)nc1cc(-c3ccn[nH]3)ccc12)C(C)=O.CN(Cc1nc2c([nH]1)c(N)nc1cc(-c3ccn[nH]3)ccc12)S(C)(=O)=O. The van der Waals surface area contributed by atoms with E-state index in [1.807, 2.05) is 149 Å². The molecule has 16 aromatic heterocycles. The molecule has 674 valence electrons. The van der Waals surface area contributed by atoms with E-state index in [0.717, 1.165) is 134 Å². The molecule has 5 aromatic carbocycles. The first kappa shape index (κ1) is 88.0. The molecule has 21 aromatic rings. The Bertz CT molecular complexity index is 7980. The number of aromatic amines is 10. The minimum Gasteiger partial charge on any atom is -0.382 e. The molecule has 133 heavy (non-hydrogen) atoms. The Hall–Kier alpha value is -17.0. The Morgan fingerprint density at radius 3 is 0.940 bits per heavy atom. The molecule has 0 bridgehead atoms. The molecule has 42 nitrogen and oxygen atoms in total. The van der Waals surface area contributed by atoms with Crippen LogP contribution in [0.15, 0.2) is 164 Å². The largest absolute Gasteiger partial charge is 0.382 e. The van der Waals surface area contributed by atoms with E-state index < -0.39 is 10.0 Å². The van der Waals surface area contributed by atoms with Gasteiger partial charge in [0.25, 0.3) is 5.91 Å². The van der Waals surface area contributed by atoms with Gasteiger partial charge < -0.3 is 73.6 Å². The topological polar surface area (TPSA) is 622 Å². The first-order valence-corrected chi connectivity index (χ1v) is 44.7. The van der Waals surface area contributed by atoms with Gasteiger partial charge in [0.1, 0.15) is 113 Å². The van der Waals surface area contributed by atoms with Crippen LogP contribution in [0.3, 0.4) is 0 Å². The van der Waals surface area contributed by atoms with Crippen LogP contribution in [0.5, 0.6) is 0 Å². The second kappa shape index (κ2) is 37.3. The van der Waals surface area contributed by atoms with Crippen LogP contribution in [0.1, 0.15) is 86.9 Å². The Balaban J connectivity index is 0.000000116. The van der Waals surface area contributed by atoms with Crippen molar-refractivity contribution in [1.29, 1.82) is 0 Å². The van der Waals surface area contributed by atoms with E-state index in [0.29, 0.717) is 154 Å². The molecule has 21 rings (SSSR count). The van der Waals surface area contributed by atoms with Gasteiger partial charge in [0.15, 0.2) is 5.01 Å². The minimum absolute atomic E-state index is 0.00751. The number of imidazole rings is 5. The number of carbonyl (C=O) groups is 4. The lowest BCUT2D eigenvalue weighted by molar-refractivity contribution is -0.131. The summed E-state index contributed by atoms with van der Waals surface area (Å²) in [7, 11) is -1.81. The maximum absolute atomic E-state index is 12.7. The molecule has 44 heteroatoms. The quantitative estimate of drug-likeness (QED) is 0.0318. The summed E-state index contributed by atoms with van der Waals surface area (Å²) in [5.74, 6) is 4.89. The highest BCUT2D eigenvalue weighted by atomic mass is 32.2. The number of hydrogen-bond acceptors (Lipinski definition) is 28. The molecule has 0 unspecified atom stereocenters. The van der Waals surface area contributed by atoms with Gasteiger partial charge in [-0.15, -0.1) is 11.3 Å². The van der Waals surface area contributed by atoms with Gasteiger partial charge in [-0.3, -0.25) is 44.7 Å². The Morgan fingerprint density at radius 1 is 0.383 bits per heavy atom. The molecule has 0 atom stereocenters. The number of benzene rings is 5. The summed E-state index contributed by atoms with van der Waals surface area (Å²) in [6, 6.07) is 38.9. The van der Waals surface area contributed by atoms with Crippen LogP contribution in [0, 0.1) is 0 Å². The number of aromatic nitrogens is 26. The summed E-state index contributed by atoms with van der Waals surface area (Å²) in [5.41, 5.74) is 50.8. The van der Waals surface area contributed by atoms with Gasteiger partial charge in [0.2, 0.25) is 27.7 Å². The molecule has 0 spiro atoms. The predicted molar refractivity (Wildman–Crippen MR) is 511 cm³/mol. The van der Waals surface area contributed by atoms with Gasteiger partial charge in [-0.25, -0.2) is 63.2 Å². The summed E-state index contributed by atoms with van der Waals surface area (Å²) in [6.07, 6.45) is 11.8. The van der Waals surface area contributed by atoms with E-state index in [9.17, 15) is 27.6 Å². The molecule has 21 N–H and O–H groups in total. The average molecular weight is 1820 g/mol. The van der Waals surface area contributed by atoms with Gasteiger partial charge in [-0.1, -0.05) is 37.3 Å². The number of H-pyrrole nitrogens is 10. The number of pyridine rings is 5. The smallest absolute Gasteiger partial charge is 0.283 e. The van der Waals surface area contributed by atoms with Crippen LogP contribution in [-0.2, 0) is 57.1 Å². The average Bonchev–Trinajstić information content (AvgIpc) is 1.66. The fourth-order valence-electron chi connectivity index (χ4n) is 15.3. The third-order valence-electron chi connectivity index (χ3n) is 22.2. The molecular formula is C89H90N36O6S2. The molecule has 16 heterocycles. The zero-order valence-electron chi connectivity index (χ0n) is 73.0. The van der Waals surface area contributed by atoms with Crippen molar-refractivity contribution >= 4 is 184 Å².